The molecular formula is C8H11N5O. The zero-order valence-electron chi connectivity index (χ0n) is 7.77. The van der Waals surface area contributed by atoms with Crippen LogP contribution in [0.2, 0.25) is 0 Å². The molecule has 1 atom stereocenters. The Morgan fingerprint density at radius 2 is 2.64 bits per heavy atom. The Morgan fingerprint density at radius 1 is 1.93 bits per heavy atom. The Kier molecular flexibility index (Phi) is 3.20. The Bertz CT molecular complexity index is 364. The molecule has 0 spiro atoms. The van der Waals surface area contributed by atoms with Crippen molar-refractivity contribution in [3.8, 4) is 12.3 Å². The quantitative estimate of drug-likeness (QED) is 0.609. The number of anilines is 1. The second-order valence-electron chi connectivity index (χ2n) is 2.77. The van der Waals surface area contributed by atoms with Crippen LogP contribution in [0.15, 0.2) is 6.33 Å². The number of aromatic nitrogens is 3. The van der Waals surface area contributed by atoms with Gasteiger partial charge in [-0.15, -0.1) is 22.5 Å². The number of aryl methyl sites for hydroxylation is 1. The molecule has 1 aromatic heterocycles. The number of nitrogens with zero attached hydrogens (tertiary/aromatic N) is 3. The molecule has 1 unspecified atom stereocenters. The molecule has 0 aliphatic rings. The van der Waals surface area contributed by atoms with E-state index in [1.54, 1.807) is 11.6 Å². The highest BCUT2D eigenvalue weighted by Crippen LogP contribution is 1.99. The van der Waals surface area contributed by atoms with E-state index in [0.717, 1.165) is 0 Å². The highest BCUT2D eigenvalue weighted by Gasteiger charge is 2.13. The number of hydrogen-bond donors (Lipinski definition) is 2. The van der Waals surface area contributed by atoms with Gasteiger partial charge in [0.2, 0.25) is 11.9 Å². The van der Waals surface area contributed by atoms with Crippen LogP contribution >= 0.6 is 0 Å². The maximum absolute atomic E-state index is 11.3. The molecule has 1 rings (SSSR count). The van der Waals surface area contributed by atoms with Crippen molar-refractivity contribution >= 4 is 11.9 Å². The molecular weight excluding hydrogens is 182 g/mol. The predicted molar refractivity (Wildman–Crippen MR) is 51.1 cm³/mol. The monoisotopic (exact) mass is 193 g/mol. The lowest BCUT2D eigenvalue weighted by atomic mass is 10.2. The summed E-state index contributed by atoms with van der Waals surface area (Å²) in [5, 5.41) is 9.77. The van der Waals surface area contributed by atoms with Crippen LogP contribution in [0, 0.1) is 12.3 Å². The summed E-state index contributed by atoms with van der Waals surface area (Å²) in [5.41, 5.74) is 5.48. The standard InChI is InChI=1S/C8H11N5O/c1-3-4-6(9)7(14)11-8-12-10-5-13(8)2/h1,5-6H,4,9H2,2H3,(H,11,12,14). The number of nitrogens with one attached hydrogen (secondary N) is 1. The molecule has 1 amide bonds. The maximum Gasteiger partial charge on any atom is 0.244 e. The van der Waals surface area contributed by atoms with E-state index in [0.29, 0.717) is 5.95 Å². The van der Waals surface area contributed by atoms with E-state index >= 15 is 0 Å². The first-order chi connectivity index (χ1) is 6.65. The predicted octanol–water partition coefficient (Wildman–Crippen LogP) is -0.896. The fourth-order valence-corrected chi connectivity index (χ4v) is 0.819. The van der Waals surface area contributed by atoms with Gasteiger partial charge >= 0.3 is 0 Å². The summed E-state index contributed by atoms with van der Waals surface area (Å²) < 4.78 is 1.57. The third-order valence-electron chi connectivity index (χ3n) is 1.62. The summed E-state index contributed by atoms with van der Waals surface area (Å²) in [6.45, 7) is 0. The van der Waals surface area contributed by atoms with Gasteiger partial charge in [0.05, 0.1) is 6.04 Å². The molecule has 14 heavy (non-hydrogen) atoms. The average Bonchev–Trinajstić information content (AvgIpc) is 2.52. The lowest BCUT2D eigenvalue weighted by Gasteiger charge is -2.07. The number of carbonyl (C=O) groups is 1. The Labute approximate surface area is 81.5 Å². The first-order valence-corrected chi connectivity index (χ1v) is 3.99. The van der Waals surface area contributed by atoms with Gasteiger partial charge < -0.3 is 10.3 Å². The first kappa shape index (κ1) is 10.2. The first-order valence-electron chi connectivity index (χ1n) is 3.99. The van der Waals surface area contributed by atoms with Gasteiger partial charge in [-0.25, -0.2) is 0 Å². The van der Waals surface area contributed by atoms with Crippen molar-refractivity contribution in [1.82, 2.24) is 14.8 Å². The van der Waals surface area contributed by atoms with Crippen molar-refractivity contribution < 1.29 is 4.79 Å². The molecule has 1 aromatic rings. The van der Waals surface area contributed by atoms with Gasteiger partial charge in [0, 0.05) is 13.5 Å². The van der Waals surface area contributed by atoms with Crippen LogP contribution in [-0.4, -0.2) is 26.7 Å². The average molecular weight is 193 g/mol. The van der Waals surface area contributed by atoms with Crippen LogP contribution < -0.4 is 11.1 Å². The minimum absolute atomic E-state index is 0.198. The molecule has 0 aliphatic heterocycles. The smallest absolute Gasteiger partial charge is 0.244 e. The van der Waals surface area contributed by atoms with Gasteiger partial charge in [0.25, 0.3) is 0 Å². The lowest BCUT2D eigenvalue weighted by molar-refractivity contribution is -0.117. The minimum atomic E-state index is -0.711. The van der Waals surface area contributed by atoms with Crippen LogP contribution in [-0.2, 0) is 11.8 Å². The van der Waals surface area contributed by atoms with E-state index in [2.05, 4.69) is 21.4 Å². The van der Waals surface area contributed by atoms with Crippen LogP contribution in [0.25, 0.3) is 0 Å². The third kappa shape index (κ3) is 2.31. The van der Waals surface area contributed by atoms with E-state index in [4.69, 9.17) is 12.2 Å². The zero-order chi connectivity index (χ0) is 10.6. The third-order valence-corrected chi connectivity index (χ3v) is 1.62. The molecule has 0 aliphatic carbocycles. The Balaban J connectivity index is 2.58. The molecule has 0 fully saturated rings. The van der Waals surface area contributed by atoms with E-state index in [-0.39, 0.29) is 12.3 Å². The maximum atomic E-state index is 11.3. The number of amides is 1. The summed E-state index contributed by atoms with van der Waals surface area (Å²) in [5.74, 6) is 2.30. The van der Waals surface area contributed by atoms with Crippen LogP contribution in [0.3, 0.4) is 0 Å². The number of nitrogens with two attached hydrogens (primary N) is 1. The normalized spacial score (nSPS) is 11.8. The van der Waals surface area contributed by atoms with E-state index in [1.807, 2.05) is 0 Å². The second-order valence-corrected chi connectivity index (χ2v) is 2.77. The molecule has 1 heterocycles. The van der Waals surface area contributed by atoms with Crippen LogP contribution in [0.1, 0.15) is 6.42 Å². The van der Waals surface area contributed by atoms with Gasteiger partial charge in [0.15, 0.2) is 0 Å². The van der Waals surface area contributed by atoms with Gasteiger partial charge in [0.1, 0.15) is 6.33 Å². The van der Waals surface area contributed by atoms with Crippen LogP contribution in [0.4, 0.5) is 5.95 Å². The zero-order valence-corrected chi connectivity index (χ0v) is 7.77. The fourth-order valence-electron chi connectivity index (χ4n) is 0.819. The minimum Gasteiger partial charge on any atom is -0.319 e. The lowest BCUT2D eigenvalue weighted by Crippen LogP contribution is -2.35. The van der Waals surface area contributed by atoms with Crippen molar-refractivity contribution in [3.63, 3.8) is 0 Å². The van der Waals surface area contributed by atoms with Crippen molar-refractivity contribution in [2.75, 3.05) is 5.32 Å². The topological polar surface area (TPSA) is 85.8 Å². The number of rotatable bonds is 3. The highest BCUT2D eigenvalue weighted by molar-refractivity contribution is 5.93. The molecule has 74 valence electrons. The summed E-state index contributed by atoms with van der Waals surface area (Å²) in [7, 11) is 1.71. The van der Waals surface area contributed by atoms with Gasteiger partial charge in [-0.3, -0.25) is 10.1 Å². The van der Waals surface area contributed by atoms with Crippen molar-refractivity contribution in [2.24, 2.45) is 12.8 Å². The Morgan fingerprint density at radius 3 is 3.14 bits per heavy atom. The SMILES string of the molecule is C#CCC(N)C(=O)Nc1nncn1C. The van der Waals surface area contributed by atoms with Gasteiger partial charge in [-0.1, -0.05) is 0 Å². The molecule has 0 bridgehead atoms. The molecule has 0 saturated heterocycles. The molecule has 0 radical (unpaired) electrons. The molecule has 6 nitrogen and oxygen atoms in total. The number of hydrogen-bond acceptors (Lipinski definition) is 4. The summed E-state index contributed by atoms with van der Waals surface area (Å²) in [4.78, 5) is 11.3. The second kappa shape index (κ2) is 4.39. The van der Waals surface area contributed by atoms with Crippen molar-refractivity contribution in [2.45, 2.75) is 12.5 Å². The molecule has 6 heteroatoms. The van der Waals surface area contributed by atoms with Crippen molar-refractivity contribution in [3.05, 3.63) is 6.33 Å². The van der Waals surface area contributed by atoms with Gasteiger partial charge in [-0.2, -0.15) is 0 Å². The molecule has 0 saturated carbocycles. The molecule has 0 aromatic carbocycles. The van der Waals surface area contributed by atoms with E-state index in [9.17, 15) is 4.79 Å². The summed E-state index contributed by atoms with van der Waals surface area (Å²) >= 11 is 0. The largest absolute Gasteiger partial charge is 0.319 e. The fraction of sp³-hybridized carbons (Fsp3) is 0.375. The van der Waals surface area contributed by atoms with Crippen molar-refractivity contribution in [1.29, 1.82) is 0 Å². The summed E-state index contributed by atoms with van der Waals surface area (Å²) in [6, 6.07) is -0.711. The van der Waals surface area contributed by atoms with E-state index in [1.165, 1.54) is 6.33 Å². The highest BCUT2D eigenvalue weighted by atomic mass is 16.2. The number of carbonyl (C=O) groups excluding carboxylic acids is 1. The summed E-state index contributed by atoms with van der Waals surface area (Å²) in [6.07, 6.45) is 6.70. The Hall–Kier alpha value is -1.87. The van der Waals surface area contributed by atoms with Crippen LogP contribution in [0.5, 0.6) is 0 Å². The van der Waals surface area contributed by atoms with E-state index < -0.39 is 6.04 Å². The van der Waals surface area contributed by atoms with Gasteiger partial charge in [-0.05, 0) is 0 Å². The molecule has 3 N–H and O–H groups in total. The number of terminal acetylenes is 1.